The van der Waals surface area contributed by atoms with Gasteiger partial charge in [0, 0.05) is 36.5 Å². The quantitative estimate of drug-likeness (QED) is 0.156. The highest BCUT2D eigenvalue weighted by Crippen LogP contribution is 2.26. The number of hydrogen-bond acceptors (Lipinski definition) is 8. The van der Waals surface area contributed by atoms with E-state index in [2.05, 4.69) is 5.32 Å². The van der Waals surface area contributed by atoms with Gasteiger partial charge in [0.2, 0.25) is 5.91 Å². The van der Waals surface area contributed by atoms with E-state index in [0.29, 0.717) is 45.3 Å². The number of carbonyl (C=O) groups is 2. The van der Waals surface area contributed by atoms with E-state index in [1.165, 1.54) is 0 Å². The first kappa shape index (κ1) is 30.9. The molecular weight excluding hydrogens is 562 g/mol. The average molecular weight is 602 g/mol. The van der Waals surface area contributed by atoms with Gasteiger partial charge in [-0.3, -0.25) is 9.59 Å². The third kappa shape index (κ3) is 7.89. The number of esters is 1. The van der Waals surface area contributed by atoms with Gasteiger partial charge in [-0.05, 0) is 60.8 Å². The van der Waals surface area contributed by atoms with Crippen molar-refractivity contribution in [2.45, 2.75) is 32.5 Å². The standard InChI is InChI=1S/C34H39N3O7/c1-3-42-34(39)22-36-16-15-25-9-12-30(19-31(25)36)44-24-28-20-35-21-33(38)37(28)27-10-13-29(14-11-27)43-18-6-17-41-23-26-7-4-5-8-32(26)40-2/h4-5,7-16,19,28,35H,3,6,17-18,20-24H2,1-2H3/t28-/m1/s1. The summed E-state index contributed by atoms with van der Waals surface area (Å²) in [5.41, 5.74) is 2.68. The minimum absolute atomic E-state index is 0.0236. The normalized spacial score (nSPS) is 14.9. The Morgan fingerprint density at radius 2 is 1.80 bits per heavy atom. The fourth-order valence-electron chi connectivity index (χ4n) is 5.20. The molecule has 2 heterocycles. The Balaban J connectivity index is 1.13. The first-order chi connectivity index (χ1) is 21.6. The smallest absolute Gasteiger partial charge is 0.325 e. The van der Waals surface area contributed by atoms with Gasteiger partial charge in [0.25, 0.3) is 0 Å². The first-order valence-corrected chi connectivity index (χ1v) is 14.9. The summed E-state index contributed by atoms with van der Waals surface area (Å²) in [6.45, 7) is 4.99. The van der Waals surface area contributed by atoms with E-state index < -0.39 is 0 Å². The number of aromatic nitrogens is 1. The summed E-state index contributed by atoms with van der Waals surface area (Å²) in [4.78, 5) is 26.8. The van der Waals surface area contributed by atoms with Crippen molar-refractivity contribution in [2.75, 3.05) is 51.5 Å². The van der Waals surface area contributed by atoms with Crippen molar-refractivity contribution in [2.24, 2.45) is 0 Å². The SMILES string of the molecule is CCOC(=O)Cn1ccc2ccc(OC[C@H]3CNCC(=O)N3c3ccc(OCCCOCc4ccccc4OC)cc3)cc21. The Kier molecular flexibility index (Phi) is 10.7. The Morgan fingerprint density at radius 1 is 0.977 bits per heavy atom. The molecule has 4 aromatic rings. The fourth-order valence-corrected chi connectivity index (χ4v) is 5.20. The predicted octanol–water partition coefficient (Wildman–Crippen LogP) is 4.58. The Labute approximate surface area is 257 Å². The van der Waals surface area contributed by atoms with Crippen LogP contribution in [0.4, 0.5) is 5.69 Å². The lowest BCUT2D eigenvalue weighted by Crippen LogP contribution is -2.57. The molecule has 0 saturated carbocycles. The van der Waals surface area contributed by atoms with Crippen molar-refractivity contribution in [3.8, 4) is 17.2 Å². The van der Waals surface area contributed by atoms with Crippen molar-refractivity contribution in [1.82, 2.24) is 9.88 Å². The van der Waals surface area contributed by atoms with Gasteiger partial charge < -0.3 is 38.5 Å². The highest BCUT2D eigenvalue weighted by molar-refractivity contribution is 5.96. The fraction of sp³-hybridized carbons (Fsp3) is 0.353. The van der Waals surface area contributed by atoms with E-state index in [1.807, 2.05) is 83.6 Å². The lowest BCUT2D eigenvalue weighted by molar-refractivity contribution is -0.143. The molecule has 0 spiro atoms. The number of ether oxygens (including phenoxy) is 5. The van der Waals surface area contributed by atoms with Crippen LogP contribution >= 0.6 is 0 Å². The topological polar surface area (TPSA) is 100 Å². The summed E-state index contributed by atoms with van der Waals surface area (Å²) in [6.07, 6.45) is 2.60. The van der Waals surface area contributed by atoms with E-state index >= 15 is 0 Å². The third-order valence-electron chi connectivity index (χ3n) is 7.35. The maximum atomic E-state index is 13.0. The molecule has 0 aliphatic carbocycles. The van der Waals surface area contributed by atoms with Gasteiger partial charge in [-0.1, -0.05) is 18.2 Å². The molecule has 0 unspecified atom stereocenters. The third-order valence-corrected chi connectivity index (χ3v) is 7.35. The van der Waals surface area contributed by atoms with Gasteiger partial charge in [0.15, 0.2) is 0 Å². The predicted molar refractivity (Wildman–Crippen MR) is 167 cm³/mol. The molecule has 10 heteroatoms. The van der Waals surface area contributed by atoms with Crippen LogP contribution in [-0.4, -0.2) is 69.1 Å². The van der Waals surface area contributed by atoms with E-state index in [4.69, 9.17) is 23.7 Å². The van der Waals surface area contributed by atoms with E-state index in [9.17, 15) is 9.59 Å². The van der Waals surface area contributed by atoms with E-state index in [1.54, 1.807) is 18.9 Å². The van der Waals surface area contributed by atoms with Crippen LogP contribution < -0.4 is 24.4 Å². The summed E-state index contributed by atoms with van der Waals surface area (Å²) in [7, 11) is 1.65. The molecule has 0 radical (unpaired) electrons. The number of nitrogens with zero attached hydrogens (tertiary/aromatic N) is 2. The summed E-state index contributed by atoms with van der Waals surface area (Å²) in [5.74, 6) is 1.90. The van der Waals surface area contributed by atoms with E-state index in [0.717, 1.165) is 40.1 Å². The molecule has 10 nitrogen and oxygen atoms in total. The molecule has 1 N–H and O–H groups in total. The number of anilines is 1. The van der Waals surface area contributed by atoms with Gasteiger partial charge in [-0.25, -0.2) is 0 Å². The molecule has 1 amide bonds. The summed E-state index contributed by atoms with van der Waals surface area (Å²) < 4.78 is 30.2. The maximum absolute atomic E-state index is 13.0. The summed E-state index contributed by atoms with van der Waals surface area (Å²) >= 11 is 0. The van der Waals surface area contributed by atoms with Gasteiger partial charge in [0.1, 0.15) is 30.4 Å². The molecule has 5 rings (SSSR count). The van der Waals surface area contributed by atoms with Crippen LogP contribution in [0.15, 0.2) is 79.0 Å². The number of hydrogen-bond donors (Lipinski definition) is 1. The maximum Gasteiger partial charge on any atom is 0.325 e. The van der Waals surface area contributed by atoms with Gasteiger partial charge in [-0.15, -0.1) is 0 Å². The summed E-state index contributed by atoms with van der Waals surface area (Å²) in [5, 5.41) is 4.19. The molecule has 232 valence electrons. The zero-order chi connectivity index (χ0) is 30.7. The number of benzene rings is 3. The van der Waals surface area contributed by atoms with Crippen LogP contribution in [-0.2, 0) is 32.2 Å². The van der Waals surface area contributed by atoms with Gasteiger partial charge in [-0.2, -0.15) is 0 Å². The van der Waals surface area contributed by atoms with Crippen molar-refractivity contribution in [3.05, 3.63) is 84.6 Å². The van der Waals surface area contributed by atoms with Crippen molar-refractivity contribution >= 4 is 28.5 Å². The number of methoxy groups -OCH3 is 1. The number of fused-ring (bicyclic) bond motifs is 1. The summed E-state index contributed by atoms with van der Waals surface area (Å²) in [6, 6.07) is 22.9. The number of amides is 1. The molecule has 1 fully saturated rings. The van der Waals surface area contributed by atoms with Crippen LogP contribution in [0.5, 0.6) is 17.2 Å². The number of rotatable bonds is 15. The lowest BCUT2D eigenvalue weighted by Gasteiger charge is -2.36. The Hall–Kier alpha value is -4.54. The Morgan fingerprint density at radius 3 is 2.61 bits per heavy atom. The second-order valence-electron chi connectivity index (χ2n) is 10.4. The van der Waals surface area contributed by atoms with Crippen molar-refractivity contribution < 1.29 is 33.3 Å². The van der Waals surface area contributed by atoms with Crippen LogP contribution in [0.3, 0.4) is 0 Å². The minimum Gasteiger partial charge on any atom is -0.496 e. The molecule has 1 aliphatic rings. The van der Waals surface area contributed by atoms with Crippen LogP contribution in [0.2, 0.25) is 0 Å². The zero-order valence-corrected chi connectivity index (χ0v) is 25.2. The number of piperazine rings is 1. The number of nitrogens with one attached hydrogen (secondary N) is 1. The van der Waals surface area contributed by atoms with E-state index in [-0.39, 0.29) is 31.0 Å². The van der Waals surface area contributed by atoms with Crippen LogP contribution in [0, 0.1) is 0 Å². The van der Waals surface area contributed by atoms with Crippen molar-refractivity contribution in [1.29, 1.82) is 0 Å². The highest BCUT2D eigenvalue weighted by atomic mass is 16.5. The molecule has 44 heavy (non-hydrogen) atoms. The Bertz CT molecular complexity index is 1540. The van der Waals surface area contributed by atoms with Crippen LogP contribution in [0.25, 0.3) is 10.9 Å². The molecule has 3 aromatic carbocycles. The van der Waals surface area contributed by atoms with Gasteiger partial charge in [0.05, 0.1) is 51.6 Å². The largest absolute Gasteiger partial charge is 0.496 e. The zero-order valence-electron chi connectivity index (χ0n) is 25.2. The monoisotopic (exact) mass is 601 g/mol. The lowest BCUT2D eigenvalue weighted by atomic mass is 10.1. The molecule has 1 aromatic heterocycles. The second kappa shape index (κ2) is 15.3. The number of para-hydroxylation sites is 1. The second-order valence-corrected chi connectivity index (χ2v) is 10.4. The molecule has 1 atom stereocenters. The minimum atomic E-state index is -0.288. The average Bonchev–Trinajstić information content (AvgIpc) is 3.44. The van der Waals surface area contributed by atoms with Gasteiger partial charge >= 0.3 is 5.97 Å². The highest BCUT2D eigenvalue weighted by Gasteiger charge is 2.30. The molecular formula is C34H39N3O7. The van der Waals surface area contributed by atoms with Crippen molar-refractivity contribution in [3.63, 3.8) is 0 Å². The molecule has 1 saturated heterocycles. The molecule has 1 aliphatic heterocycles. The molecule has 0 bridgehead atoms. The number of carbonyl (C=O) groups excluding carboxylic acids is 2. The van der Waals surface area contributed by atoms with Crippen LogP contribution in [0.1, 0.15) is 18.9 Å². The first-order valence-electron chi connectivity index (χ1n) is 14.9.